The van der Waals surface area contributed by atoms with E-state index < -0.39 is 23.6 Å². The zero-order chi connectivity index (χ0) is 17.0. The van der Waals surface area contributed by atoms with Crippen molar-refractivity contribution in [1.29, 1.82) is 0 Å². The molecule has 2 heterocycles. The van der Waals surface area contributed by atoms with Crippen molar-refractivity contribution in [3.05, 3.63) is 70.8 Å². The molecule has 0 fully saturated rings. The fourth-order valence-electron chi connectivity index (χ4n) is 2.77. The monoisotopic (exact) mass is 323 g/mol. The molecule has 2 aliphatic rings. The van der Waals surface area contributed by atoms with Gasteiger partial charge in [0.15, 0.2) is 0 Å². The van der Waals surface area contributed by atoms with E-state index in [9.17, 15) is 24.4 Å². The zero-order valence-electron chi connectivity index (χ0n) is 12.0. The van der Waals surface area contributed by atoms with Crippen molar-refractivity contribution in [2.45, 2.75) is 0 Å². The Morgan fingerprint density at radius 3 is 1.08 bits per heavy atom. The Balaban J connectivity index is 1.73. The van der Waals surface area contributed by atoms with E-state index in [1.54, 1.807) is 24.3 Å². The Bertz CT molecular complexity index is 793. The highest BCUT2D eigenvalue weighted by Crippen LogP contribution is 2.27. The van der Waals surface area contributed by atoms with Gasteiger partial charge in [-0.1, -0.05) is 24.3 Å². The van der Waals surface area contributed by atoms with Crippen LogP contribution in [-0.2, 0) is 0 Å². The van der Waals surface area contributed by atoms with Crippen molar-refractivity contribution in [3.63, 3.8) is 0 Å². The molecule has 1 radical (unpaired) electrons. The first-order chi connectivity index (χ1) is 11.5. The van der Waals surface area contributed by atoms with Crippen LogP contribution in [0.4, 0.5) is 0 Å². The van der Waals surface area contributed by atoms with E-state index in [2.05, 4.69) is 0 Å². The topological polar surface area (TPSA) is 101 Å². The summed E-state index contributed by atoms with van der Waals surface area (Å²) >= 11 is 0. The van der Waals surface area contributed by atoms with E-state index in [1.165, 1.54) is 24.3 Å². The number of carbonyl (C=O) groups is 4. The quantitative estimate of drug-likeness (QED) is 0.503. The van der Waals surface area contributed by atoms with Gasteiger partial charge in [0, 0.05) is 10.0 Å². The lowest BCUT2D eigenvalue weighted by atomic mass is 10.1. The van der Waals surface area contributed by atoms with Crippen LogP contribution in [0, 0.1) is 0 Å². The molecule has 0 bridgehead atoms. The van der Waals surface area contributed by atoms with Crippen LogP contribution < -0.4 is 5.28 Å². The number of nitrogens with zero attached hydrogens (tertiary/aromatic N) is 3. The second-order valence-electron chi connectivity index (χ2n) is 5.20. The third kappa shape index (κ3) is 1.69. The molecule has 0 unspecified atom stereocenters. The molecule has 2 aromatic carbocycles. The average molecular weight is 323 g/mol. The van der Waals surface area contributed by atoms with Crippen LogP contribution in [-0.4, -0.2) is 38.9 Å². The number of fused-ring (bicyclic) bond motifs is 2. The Morgan fingerprint density at radius 1 is 0.583 bits per heavy atom. The van der Waals surface area contributed by atoms with Crippen LogP contribution >= 0.6 is 0 Å². The Hall–Kier alpha value is -3.36. The first kappa shape index (κ1) is 14.2. The van der Waals surface area contributed by atoms with Gasteiger partial charge in [-0.25, -0.2) is 0 Å². The van der Waals surface area contributed by atoms with E-state index in [0.717, 1.165) is 0 Å². The molecular formula is C16H9N3O5+. The number of hydrazine groups is 2. The van der Waals surface area contributed by atoms with Crippen molar-refractivity contribution < 1.29 is 24.4 Å². The molecule has 0 atom stereocenters. The number of rotatable bonds is 2. The van der Waals surface area contributed by atoms with Crippen LogP contribution in [0.2, 0.25) is 0 Å². The lowest BCUT2D eigenvalue weighted by Crippen LogP contribution is -2.60. The van der Waals surface area contributed by atoms with E-state index >= 15 is 0 Å². The van der Waals surface area contributed by atoms with E-state index in [4.69, 9.17) is 0 Å². The predicted molar refractivity (Wildman–Crippen MR) is 77.8 cm³/mol. The largest absolute Gasteiger partial charge is 0.320 e. The lowest BCUT2D eigenvalue weighted by molar-refractivity contribution is -0.188. The summed E-state index contributed by atoms with van der Waals surface area (Å²) in [5.74, 6) is -3.30. The van der Waals surface area contributed by atoms with Gasteiger partial charge in [-0.15, -0.1) is 5.21 Å². The summed E-state index contributed by atoms with van der Waals surface area (Å²) < 4.78 is 0. The van der Waals surface area contributed by atoms with Crippen molar-refractivity contribution >= 4 is 23.6 Å². The van der Waals surface area contributed by atoms with Gasteiger partial charge < -0.3 is 0 Å². The van der Waals surface area contributed by atoms with Crippen molar-refractivity contribution in [3.8, 4) is 0 Å². The minimum absolute atomic E-state index is 0.0185. The molecule has 4 amide bonds. The highest BCUT2D eigenvalue weighted by molar-refractivity contribution is 6.23. The summed E-state index contributed by atoms with van der Waals surface area (Å²) in [4.78, 5) is 49.4. The number of hydrogen-bond donors (Lipinski definition) is 1. The highest BCUT2D eigenvalue weighted by atomic mass is 16.6. The van der Waals surface area contributed by atoms with Crippen LogP contribution in [0.25, 0.3) is 0 Å². The fourth-order valence-corrected chi connectivity index (χ4v) is 2.77. The molecule has 2 aromatic rings. The number of imide groups is 2. The van der Waals surface area contributed by atoms with Gasteiger partial charge in [0.25, 0.3) is 5.28 Å². The molecular weight excluding hydrogens is 314 g/mol. The summed E-state index contributed by atoms with van der Waals surface area (Å²) in [6.07, 6.45) is 0. The van der Waals surface area contributed by atoms with Gasteiger partial charge >= 0.3 is 23.6 Å². The van der Waals surface area contributed by atoms with Gasteiger partial charge in [0.1, 0.15) is 0 Å². The lowest BCUT2D eigenvalue weighted by Gasteiger charge is -2.14. The number of carbonyl (C=O) groups excluding carboxylic acids is 4. The second kappa shape index (κ2) is 4.82. The average Bonchev–Trinajstić information content (AvgIpc) is 3.00. The Morgan fingerprint density at radius 2 is 0.833 bits per heavy atom. The number of hydrogen-bond acceptors (Lipinski definition) is 6. The maximum Gasteiger partial charge on any atom is 0.320 e. The normalized spacial score (nSPS) is 16.2. The maximum atomic E-state index is 12.3. The van der Waals surface area contributed by atoms with Gasteiger partial charge in [-0.05, 0) is 24.3 Å². The smallest absolute Gasteiger partial charge is 0.263 e. The molecule has 0 spiro atoms. The van der Waals surface area contributed by atoms with Crippen LogP contribution in [0.1, 0.15) is 41.4 Å². The van der Waals surface area contributed by atoms with Gasteiger partial charge in [-0.3, -0.25) is 19.2 Å². The molecule has 1 N–H and O–H groups in total. The summed E-state index contributed by atoms with van der Waals surface area (Å²) in [6, 6.07) is 12.0. The maximum absolute atomic E-state index is 12.3. The van der Waals surface area contributed by atoms with Crippen LogP contribution in [0.5, 0.6) is 0 Å². The van der Waals surface area contributed by atoms with E-state index in [0.29, 0.717) is 10.0 Å². The Kier molecular flexibility index (Phi) is 2.86. The fraction of sp³-hybridized carbons (Fsp3) is 0. The summed E-state index contributed by atoms with van der Waals surface area (Å²) in [5, 5.41) is 11.0. The summed E-state index contributed by atoms with van der Waals surface area (Å²) in [5.41, 5.74) is 0.327. The second-order valence-corrected chi connectivity index (χ2v) is 5.20. The molecule has 8 nitrogen and oxygen atoms in total. The minimum Gasteiger partial charge on any atom is -0.263 e. The Labute approximate surface area is 135 Å². The SMILES string of the molecule is O=C1c2ccccc2C(=O)N1[N+](O)N1C(=O)c2ccccc2C1=O. The van der Waals surface area contributed by atoms with Gasteiger partial charge in [-0.2, -0.15) is 0 Å². The number of amides is 4. The summed E-state index contributed by atoms with van der Waals surface area (Å²) in [7, 11) is 0. The van der Waals surface area contributed by atoms with Crippen molar-refractivity contribution in [2.75, 3.05) is 0 Å². The highest BCUT2D eigenvalue weighted by Gasteiger charge is 2.57. The zero-order valence-corrected chi connectivity index (χ0v) is 12.0. The van der Waals surface area contributed by atoms with Crippen LogP contribution in [0.15, 0.2) is 48.5 Å². The standard InChI is InChI=1S/C16H9N3O5/c20-13-9-5-1-2-6-10(9)14(21)17(13)19(24)18-15(22)11-7-3-4-8-12(11)16(18)23/h1-8,24H/q+1. The minimum atomic E-state index is -0.824. The molecule has 0 saturated heterocycles. The van der Waals surface area contributed by atoms with E-state index in [1.807, 2.05) is 0 Å². The third-order valence-corrected chi connectivity index (χ3v) is 3.90. The van der Waals surface area contributed by atoms with Crippen molar-refractivity contribution in [1.82, 2.24) is 15.3 Å². The molecule has 8 heteroatoms. The predicted octanol–water partition coefficient (Wildman–Crippen LogP) is 0.938. The molecule has 2 aliphatic heterocycles. The van der Waals surface area contributed by atoms with Crippen molar-refractivity contribution in [2.24, 2.45) is 0 Å². The number of benzene rings is 2. The molecule has 24 heavy (non-hydrogen) atoms. The van der Waals surface area contributed by atoms with Gasteiger partial charge in [0.2, 0.25) is 0 Å². The first-order valence-electron chi connectivity index (χ1n) is 6.97. The molecule has 0 saturated carbocycles. The van der Waals surface area contributed by atoms with Crippen LogP contribution in [0.3, 0.4) is 0 Å². The third-order valence-electron chi connectivity index (χ3n) is 3.90. The molecule has 4 rings (SSSR count). The molecule has 117 valence electrons. The first-order valence-corrected chi connectivity index (χ1v) is 6.97. The molecule has 0 aliphatic carbocycles. The van der Waals surface area contributed by atoms with E-state index in [-0.39, 0.29) is 27.5 Å². The van der Waals surface area contributed by atoms with Gasteiger partial charge in [0.05, 0.1) is 22.3 Å². The molecule has 0 aromatic heterocycles. The summed E-state index contributed by atoms with van der Waals surface area (Å²) in [6.45, 7) is 0.